The van der Waals surface area contributed by atoms with E-state index in [0.29, 0.717) is 29.7 Å². The normalized spacial score (nSPS) is 11.1. The number of carbonyl (C=O) groups is 2. The Morgan fingerprint density at radius 3 is 2.55 bits per heavy atom. The van der Waals surface area contributed by atoms with E-state index in [2.05, 4.69) is 15.4 Å². The second-order valence-corrected chi connectivity index (χ2v) is 6.47. The Morgan fingerprint density at radius 1 is 1.06 bits per heavy atom. The Balaban J connectivity index is 1.95. The van der Waals surface area contributed by atoms with E-state index in [0.717, 1.165) is 5.69 Å². The molecular weight excluding hydrogens is 396 g/mol. The van der Waals surface area contributed by atoms with E-state index in [4.69, 9.17) is 9.47 Å². The van der Waals surface area contributed by atoms with Crippen LogP contribution in [0.4, 0.5) is 5.82 Å². The molecule has 0 aliphatic heterocycles. The smallest absolute Gasteiger partial charge is 0.343 e. The van der Waals surface area contributed by atoms with Crippen LogP contribution in [0.5, 0.6) is 5.88 Å². The number of ether oxygens (including phenoxy) is 2. The summed E-state index contributed by atoms with van der Waals surface area (Å²) < 4.78 is 12.1. The Morgan fingerprint density at radius 2 is 1.84 bits per heavy atom. The fourth-order valence-corrected chi connectivity index (χ4v) is 2.84. The average Bonchev–Trinajstić information content (AvgIpc) is 3.15. The first kappa shape index (κ1) is 21.8. The second kappa shape index (κ2) is 10.2. The van der Waals surface area contributed by atoms with E-state index in [1.165, 1.54) is 6.20 Å². The zero-order chi connectivity index (χ0) is 22.2. The molecule has 3 rings (SSSR count). The Labute approximate surface area is 180 Å². The number of aromatic nitrogens is 3. The number of ketones is 1. The number of anilines is 1. The molecule has 1 N–H and O–H groups in total. The molecule has 0 aliphatic rings. The van der Waals surface area contributed by atoms with Crippen LogP contribution in [0.25, 0.3) is 5.82 Å². The third kappa shape index (κ3) is 5.36. The number of hydrogen-bond acceptors (Lipinski definition) is 7. The maximum Gasteiger partial charge on any atom is 0.343 e. The first-order chi connectivity index (χ1) is 15.0. The lowest BCUT2D eigenvalue weighted by atomic mass is 10.0. The summed E-state index contributed by atoms with van der Waals surface area (Å²) >= 11 is 0. The predicted octanol–water partition coefficient (Wildman–Crippen LogP) is 3.72. The number of aryl methyl sites for hydroxylation is 1. The van der Waals surface area contributed by atoms with Crippen molar-refractivity contribution >= 4 is 17.6 Å². The summed E-state index contributed by atoms with van der Waals surface area (Å²) in [6.45, 7) is 6.05. The summed E-state index contributed by atoms with van der Waals surface area (Å²) in [6, 6.07) is 15.7. The van der Waals surface area contributed by atoms with Crippen LogP contribution in [0.1, 0.15) is 29.9 Å². The molecule has 0 spiro atoms. The standard InChI is InChI=1S/C23H24N4O4/c1-4-30-21-13-9-12-19(25-21)27-20(14-16(3)26-27)24-15-18(23(29)31-5-2)22(28)17-10-7-6-8-11-17/h6-15,24H,4-5H2,1-3H3. The Hall–Kier alpha value is -3.94. The van der Waals surface area contributed by atoms with E-state index < -0.39 is 11.8 Å². The number of hydrogen-bond donors (Lipinski definition) is 1. The van der Waals surface area contributed by atoms with Gasteiger partial charge in [-0.05, 0) is 26.8 Å². The van der Waals surface area contributed by atoms with Gasteiger partial charge in [0.15, 0.2) is 5.82 Å². The summed E-state index contributed by atoms with van der Waals surface area (Å²) in [5, 5.41) is 7.46. The van der Waals surface area contributed by atoms with Gasteiger partial charge in [-0.2, -0.15) is 14.8 Å². The van der Waals surface area contributed by atoms with Crippen LogP contribution in [0.2, 0.25) is 0 Å². The van der Waals surface area contributed by atoms with E-state index in [1.807, 2.05) is 19.9 Å². The molecule has 8 nitrogen and oxygen atoms in total. The molecule has 0 aliphatic carbocycles. The zero-order valence-corrected chi connectivity index (χ0v) is 17.7. The van der Waals surface area contributed by atoms with Crippen molar-refractivity contribution in [1.82, 2.24) is 14.8 Å². The SMILES string of the molecule is CCOC(=O)C(=CNc1cc(C)nn1-c1cccc(OCC)n1)C(=O)c1ccccc1. The minimum absolute atomic E-state index is 0.116. The fraction of sp³-hybridized carbons (Fsp3) is 0.217. The van der Waals surface area contributed by atoms with Gasteiger partial charge in [0.25, 0.3) is 0 Å². The lowest BCUT2D eigenvalue weighted by molar-refractivity contribution is -0.138. The Bertz CT molecular complexity index is 1090. The molecule has 1 aromatic carbocycles. The van der Waals surface area contributed by atoms with Gasteiger partial charge in [-0.3, -0.25) is 4.79 Å². The lowest BCUT2D eigenvalue weighted by Gasteiger charge is -2.10. The van der Waals surface area contributed by atoms with Gasteiger partial charge in [-0.1, -0.05) is 36.4 Å². The molecule has 31 heavy (non-hydrogen) atoms. The van der Waals surface area contributed by atoms with Crippen molar-refractivity contribution in [2.75, 3.05) is 18.5 Å². The quantitative estimate of drug-likeness (QED) is 0.185. The maximum absolute atomic E-state index is 12.9. The van der Waals surface area contributed by atoms with Crippen LogP contribution in [-0.2, 0) is 9.53 Å². The molecular formula is C23H24N4O4. The van der Waals surface area contributed by atoms with Crippen molar-refractivity contribution in [1.29, 1.82) is 0 Å². The molecule has 160 valence electrons. The highest BCUT2D eigenvalue weighted by Crippen LogP contribution is 2.19. The summed E-state index contributed by atoms with van der Waals surface area (Å²) in [5.41, 5.74) is 1.00. The van der Waals surface area contributed by atoms with Crippen LogP contribution in [0.3, 0.4) is 0 Å². The Kier molecular flexibility index (Phi) is 7.16. The largest absolute Gasteiger partial charge is 0.478 e. The molecule has 0 fully saturated rings. The monoisotopic (exact) mass is 420 g/mol. The molecule has 0 amide bonds. The van der Waals surface area contributed by atoms with Gasteiger partial charge in [0.2, 0.25) is 11.7 Å². The van der Waals surface area contributed by atoms with Gasteiger partial charge in [0, 0.05) is 23.9 Å². The van der Waals surface area contributed by atoms with Crippen molar-refractivity contribution < 1.29 is 19.1 Å². The molecule has 0 bridgehead atoms. The van der Waals surface area contributed by atoms with Gasteiger partial charge in [0.05, 0.1) is 18.9 Å². The number of pyridine rings is 1. The van der Waals surface area contributed by atoms with Crippen molar-refractivity contribution in [2.24, 2.45) is 0 Å². The van der Waals surface area contributed by atoms with Gasteiger partial charge < -0.3 is 14.8 Å². The van der Waals surface area contributed by atoms with Crippen LogP contribution in [-0.4, -0.2) is 39.7 Å². The highest BCUT2D eigenvalue weighted by atomic mass is 16.5. The van der Waals surface area contributed by atoms with Crippen LogP contribution in [0.15, 0.2) is 66.4 Å². The molecule has 3 aromatic rings. The molecule has 2 aromatic heterocycles. The maximum atomic E-state index is 12.9. The molecule has 8 heteroatoms. The number of carbonyl (C=O) groups excluding carboxylic acids is 2. The van der Waals surface area contributed by atoms with Gasteiger partial charge in [0.1, 0.15) is 11.4 Å². The predicted molar refractivity (Wildman–Crippen MR) is 116 cm³/mol. The topological polar surface area (TPSA) is 95.3 Å². The summed E-state index contributed by atoms with van der Waals surface area (Å²) in [7, 11) is 0. The highest BCUT2D eigenvalue weighted by Gasteiger charge is 2.21. The number of rotatable bonds is 9. The fourth-order valence-electron chi connectivity index (χ4n) is 2.84. The lowest BCUT2D eigenvalue weighted by Crippen LogP contribution is -2.18. The van der Waals surface area contributed by atoms with E-state index in [-0.39, 0.29) is 12.2 Å². The number of nitrogens with one attached hydrogen (secondary N) is 1. The first-order valence-corrected chi connectivity index (χ1v) is 9.94. The summed E-state index contributed by atoms with van der Waals surface area (Å²) in [5.74, 6) is 0.387. The van der Waals surface area contributed by atoms with E-state index >= 15 is 0 Å². The number of esters is 1. The van der Waals surface area contributed by atoms with Gasteiger partial charge >= 0.3 is 5.97 Å². The average molecular weight is 420 g/mol. The van der Waals surface area contributed by atoms with Crippen molar-refractivity contribution in [3.8, 4) is 11.7 Å². The number of Topliss-reactive ketones (excluding diaryl/α,β-unsaturated/α-hetero) is 1. The highest BCUT2D eigenvalue weighted by molar-refractivity contribution is 6.24. The van der Waals surface area contributed by atoms with Crippen LogP contribution >= 0.6 is 0 Å². The molecule has 0 saturated carbocycles. The van der Waals surface area contributed by atoms with Crippen molar-refractivity contribution in [3.63, 3.8) is 0 Å². The minimum atomic E-state index is -0.705. The van der Waals surface area contributed by atoms with E-state index in [9.17, 15) is 9.59 Å². The zero-order valence-electron chi connectivity index (χ0n) is 17.7. The van der Waals surface area contributed by atoms with Crippen LogP contribution in [0, 0.1) is 6.92 Å². The second-order valence-electron chi connectivity index (χ2n) is 6.47. The first-order valence-electron chi connectivity index (χ1n) is 9.94. The van der Waals surface area contributed by atoms with Crippen molar-refractivity contribution in [2.45, 2.75) is 20.8 Å². The molecule has 0 saturated heterocycles. The third-order valence-electron chi connectivity index (χ3n) is 4.19. The third-order valence-corrected chi connectivity index (χ3v) is 4.19. The van der Waals surface area contributed by atoms with Gasteiger partial charge in [-0.25, -0.2) is 4.79 Å². The number of nitrogens with zero attached hydrogens (tertiary/aromatic N) is 3. The molecule has 0 atom stereocenters. The number of benzene rings is 1. The summed E-state index contributed by atoms with van der Waals surface area (Å²) in [6.07, 6.45) is 1.34. The van der Waals surface area contributed by atoms with Gasteiger partial charge in [-0.15, -0.1) is 0 Å². The molecule has 2 heterocycles. The summed E-state index contributed by atoms with van der Waals surface area (Å²) in [4.78, 5) is 29.8. The molecule has 0 unspecified atom stereocenters. The van der Waals surface area contributed by atoms with Crippen molar-refractivity contribution in [3.05, 3.63) is 77.6 Å². The van der Waals surface area contributed by atoms with Crippen LogP contribution < -0.4 is 10.1 Å². The minimum Gasteiger partial charge on any atom is -0.478 e. The van der Waals surface area contributed by atoms with E-state index in [1.54, 1.807) is 60.1 Å². The molecule has 0 radical (unpaired) electrons.